The predicted octanol–water partition coefficient (Wildman–Crippen LogP) is 6.46. The van der Waals surface area contributed by atoms with Crippen molar-refractivity contribution in [1.82, 2.24) is 0 Å². The molecule has 0 aliphatic carbocycles. The maximum atomic E-state index is 13.1. The minimum absolute atomic E-state index is 0.0368. The number of Topliss-reactive ketones (excluding diaryl/α,β-unsaturated/α-hetero) is 1. The first kappa shape index (κ1) is 22.2. The van der Waals surface area contributed by atoms with Gasteiger partial charge in [-0.25, -0.2) is 0 Å². The van der Waals surface area contributed by atoms with Gasteiger partial charge in [-0.05, 0) is 67.9 Å². The highest BCUT2D eigenvalue weighted by atomic mass is 31.1. The van der Waals surface area contributed by atoms with Crippen LogP contribution >= 0.6 is 7.80 Å². The van der Waals surface area contributed by atoms with E-state index in [-0.39, 0.29) is 11.2 Å². The molecule has 0 amide bonds. The Labute approximate surface area is 169 Å². The third kappa shape index (κ3) is 4.31. The van der Waals surface area contributed by atoms with Crippen molar-refractivity contribution in [2.75, 3.05) is 0 Å². The average molecular weight is 397 g/mol. The van der Waals surface area contributed by atoms with Crippen LogP contribution in [0.25, 0.3) is 0 Å². The van der Waals surface area contributed by atoms with Crippen LogP contribution < -0.4 is 0 Å². The van der Waals surface area contributed by atoms with Gasteiger partial charge < -0.3 is 0 Å². The van der Waals surface area contributed by atoms with Crippen LogP contribution in [0.15, 0.2) is 30.3 Å². The summed E-state index contributed by atoms with van der Waals surface area (Å²) in [6.07, 6.45) is 0. The predicted molar refractivity (Wildman–Crippen MR) is 116 cm³/mol. The molecule has 2 aromatic rings. The largest absolute Gasteiger partial charge is 0.293 e. The standard InChI is InChI=1S/C24H30O3P/c1-14-10-9-11-15(2)20(14)22(25)18(5)28(27)23(26)21-16(3)12-19(13-17(21)4)24(6,7)8/h9-13,18H,1-8H3. The van der Waals surface area contributed by atoms with E-state index >= 15 is 0 Å². The van der Waals surface area contributed by atoms with Crippen LogP contribution in [0, 0.1) is 27.7 Å². The van der Waals surface area contributed by atoms with Crippen LogP contribution in [0.3, 0.4) is 0 Å². The molecule has 0 aliphatic rings. The zero-order valence-corrected chi connectivity index (χ0v) is 19.0. The molecule has 0 N–H and O–H groups in total. The van der Waals surface area contributed by atoms with Gasteiger partial charge in [-0.1, -0.05) is 51.1 Å². The fraction of sp³-hybridized carbons (Fsp3) is 0.417. The van der Waals surface area contributed by atoms with Gasteiger partial charge in [-0.15, -0.1) is 0 Å². The molecule has 4 heteroatoms. The SMILES string of the molecule is Cc1cccc(C)c1C(=O)C(C)[P](=O)C(=O)c1c(C)cc(C(C)(C)C)cc1C. The summed E-state index contributed by atoms with van der Waals surface area (Å²) in [5.41, 5.74) is 4.16. The lowest BCUT2D eigenvalue weighted by molar-refractivity contribution is 0.0981. The van der Waals surface area contributed by atoms with E-state index in [4.69, 9.17) is 0 Å². The fourth-order valence-corrected chi connectivity index (χ4v) is 4.81. The lowest BCUT2D eigenvalue weighted by atomic mass is 9.84. The summed E-state index contributed by atoms with van der Waals surface area (Å²) in [4.78, 5) is 26.0. The van der Waals surface area contributed by atoms with Gasteiger partial charge in [-0.3, -0.25) is 14.2 Å². The van der Waals surface area contributed by atoms with E-state index in [1.165, 1.54) is 0 Å². The molecule has 0 aliphatic heterocycles. The van der Waals surface area contributed by atoms with Crippen molar-refractivity contribution in [3.8, 4) is 0 Å². The number of rotatable bonds is 5. The Hall–Kier alpha value is -2.12. The highest BCUT2D eigenvalue weighted by Crippen LogP contribution is 2.38. The first-order valence-corrected chi connectivity index (χ1v) is 10.9. The van der Waals surface area contributed by atoms with Gasteiger partial charge in [0.15, 0.2) is 13.6 Å². The van der Waals surface area contributed by atoms with Crippen LogP contribution in [0.5, 0.6) is 0 Å². The van der Waals surface area contributed by atoms with Gasteiger partial charge in [0.2, 0.25) is 5.52 Å². The van der Waals surface area contributed by atoms with E-state index in [0.717, 1.165) is 27.8 Å². The van der Waals surface area contributed by atoms with Gasteiger partial charge in [0.25, 0.3) is 0 Å². The van der Waals surface area contributed by atoms with Gasteiger partial charge >= 0.3 is 0 Å². The Kier molecular flexibility index (Phi) is 6.41. The van der Waals surface area contributed by atoms with Crippen molar-refractivity contribution in [2.45, 2.75) is 66.5 Å². The fourth-order valence-electron chi connectivity index (χ4n) is 3.54. The van der Waals surface area contributed by atoms with Crippen molar-refractivity contribution in [2.24, 2.45) is 0 Å². The topological polar surface area (TPSA) is 51.2 Å². The van der Waals surface area contributed by atoms with Gasteiger partial charge in [-0.2, -0.15) is 0 Å². The summed E-state index contributed by atoms with van der Waals surface area (Å²) in [7, 11) is -2.38. The summed E-state index contributed by atoms with van der Waals surface area (Å²) < 4.78 is 13.0. The van der Waals surface area contributed by atoms with Gasteiger partial charge in [0.1, 0.15) is 0 Å². The Morgan fingerprint density at radius 1 is 0.857 bits per heavy atom. The second-order valence-corrected chi connectivity index (χ2v) is 10.5. The van der Waals surface area contributed by atoms with E-state index in [1.807, 2.05) is 58.0 Å². The molecule has 0 spiro atoms. The van der Waals surface area contributed by atoms with Crippen LogP contribution in [-0.4, -0.2) is 17.0 Å². The Balaban J connectivity index is 2.40. The number of carbonyl (C=O) groups is 2. The van der Waals surface area contributed by atoms with Crippen molar-refractivity contribution in [3.63, 3.8) is 0 Å². The summed E-state index contributed by atoms with van der Waals surface area (Å²) in [6, 6.07) is 9.59. The Bertz CT molecular complexity index is 921. The summed E-state index contributed by atoms with van der Waals surface area (Å²) in [6.45, 7) is 15.4. The molecular formula is C24H30O3P. The number of ketones is 1. The molecule has 3 nitrogen and oxygen atoms in total. The first-order chi connectivity index (χ1) is 12.9. The molecule has 0 heterocycles. The summed E-state index contributed by atoms with van der Waals surface area (Å²) in [5, 5.41) is 0. The van der Waals surface area contributed by atoms with Crippen LogP contribution in [0.1, 0.15) is 76.2 Å². The molecular weight excluding hydrogens is 367 g/mol. The van der Waals surface area contributed by atoms with E-state index in [0.29, 0.717) is 11.1 Å². The van der Waals surface area contributed by atoms with Crippen molar-refractivity contribution < 1.29 is 14.2 Å². The molecule has 0 bridgehead atoms. The minimum Gasteiger partial charge on any atom is -0.293 e. The second kappa shape index (κ2) is 8.09. The van der Waals surface area contributed by atoms with Crippen molar-refractivity contribution in [3.05, 3.63) is 69.3 Å². The molecule has 2 aromatic carbocycles. The number of aryl methyl sites for hydroxylation is 4. The second-order valence-electron chi connectivity index (χ2n) is 8.67. The highest BCUT2D eigenvalue weighted by Gasteiger charge is 2.31. The van der Waals surface area contributed by atoms with E-state index < -0.39 is 19.0 Å². The monoisotopic (exact) mass is 397 g/mol. The molecule has 149 valence electrons. The minimum atomic E-state index is -2.38. The number of carbonyl (C=O) groups excluding carboxylic acids is 2. The smallest absolute Gasteiger partial charge is 0.243 e. The van der Waals surface area contributed by atoms with Crippen molar-refractivity contribution in [1.29, 1.82) is 0 Å². The van der Waals surface area contributed by atoms with E-state index in [9.17, 15) is 14.2 Å². The number of benzene rings is 2. The molecule has 0 saturated heterocycles. The summed E-state index contributed by atoms with van der Waals surface area (Å²) in [5.74, 6) is -0.230. The number of hydrogen-bond acceptors (Lipinski definition) is 3. The third-order valence-electron chi connectivity index (χ3n) is 5.27. The van der Waals surface area contributed by atoms with Gasteiger partial charge in [0.05, 0.1) is 5.66 Å². The zero-order valence-electron chi connectivity index (χ0n) is 18.1. The molecule has 0 aromatic heterocycles. The summed E-state index contributed by atoms with van der Waals surface area (Å²) >= 11 is 0. The van der Waals surface area contributed by atoms with Crippen LogP contribution in [0.4, 0.5) is 0 Å². The van der Waals surface area contributed by atoms with Crippen molar-refractivity contribution >= 4 is 19.1 Å². The van der Waals surface area contributed by atoms with Crippen LogP contribution in [0.2, 0.25) is 0 Å². The Morgan fingerprint density at radius 2 is 1.32 bits per heavy atom. The number of hydrogen-bond donors (Lipinski definition) is 0. The van der Waals surface area contributed by atoms with E-state index in [2.05, 4.69) is 20.8 Å². The molecule has 2 unspecified atom stereocenters. The molecule has 0 fully saturated rings. The normalized spacial score (nSPS) is 13.2. The van der Waals surface area contributed by atoms with Crippen LogP contribution in [-0.2, 0) is 9.98 Å². The molecule has 2 rings (SSSR count). The molecule has 28 heavy (non-hydrogen) atoms. The highest BCUT2D eigenvalue weighted by molar-refractivity contribution is 7.66. The first-order valence-electron chi connectivity index (χ1n) is 9.59. The maximum absolute atomic E-state index is 13.1. The Morgan fingerprint density at radius 3 is 1.75 bits per heavy atom. The zero-order chi connectivity index (χ0) is 21.4. The molecule has 2 atom stereocenters. The lowest BCUT2D eigenvalue weighted by Gasteiger charge is -2.22. The third-order valence-corrected chi connectivity index (χ3v) is 6.83. The quantitative estimate of drug-likeness (QED) is 0.430. The molecule has 1 radical (unpaired) electrons. The lowest BCUT2D eigenvalue weighted by Crippen LogP contribution is -2.19. The maximum Gasteiger partial charge on any atom is 0.243 e. The molecule has 0 saturated carbocycles. The van der Waals surface area contributed by atoms with Gasteiger partial charge in [0, 0.05) is 11.1 Å². The average Bonchev–Trinajstić information content (AvgIpc) is 2.58. The van der Waals surface area contributed by atoms with E-state index in [1.54, 1.807) is 6.92 Å².